The van der Waals surface area contributed by atoms with Crippen LogP contribution in [0.5, 0.6) is 0 Å². The predicted octanol–water partition coefficient (Wildman–Crippen LogP) is 0.164. The number of nitrogens with zero attached hydrogens (tertiary/aromatic N) is 4. The highest BCUT2D eigenvalue weighted by Gasteiger charge is 2.28. The van der Waals surface area contributed by atoms with E-state index in [0.29, 0.717) is 31.7 Å². The van der Waals surface area contributed by atoms with Gasteiger partial charge in [-0.15, -0.1) is 0 Å². The van der Waals surface area contributed by atoms with Crippen LogP contribution in [-0.2, 0) is 17.1 Å². The van der Waals surface area contributed by atoms with Crippen LogP contribution in [0.1, 0.15) is 12.8 Å². The second-order valence-electron chi connectivity index (χ2n) is 4.87. The van der Waals surface area contributed by atoms with Crippen LogP contribution < -0.4 is 5.32 Å². The molecule has 9 nitrogen and oxygen atoms in total. The molecule has 1 fully saturated rings. The van der Waals surface area contributed by atoms with Gasteiger partial charge in [0.1, 0.15) is 0 Å². The zero-order chi connectivity index (χ0) is 14.9. The average Bonchev–Trinajstić information content (AvgIpc) is 2.71. The molecule has 1 aliphatic heterocycles. The molecule has 0 aliphatic carbocycles. The van der Waals surface area contributed by atoms with Crippen LogP contribution in [0, 0.1) is 10.1 Å². The number of aryl methyl sites for hydroxylation is 1. The molecule has 0 unspecified atom stereocenters. The van der Waals surface area contributed by atoms with Crippen molar-refractivity contribution in [1.82, 2.24) is 13.9 Å². The second kappa shape index (κ2) is 5.37. The van der Waals surface area contributed by atoms with Crippen molar-refractivity contribution in [3.05, 3.63) is 16.4 Å². The first-order valence-corrected chi connectivity index (χ1v) is 8.01. The van der Waals surface area contributed by atoms with Gasteiger partial charge in [0.05, 0.1) is 6.26 Å². The zero-order valence-corrected chi connectivity index (χ0v) is 12.1. The lowest BCUT2D eigenvalue weighted by Crippen LogP contribution is -2.42. The Kier molecular flexibility index (Phi) is 3.95. The fourth-order valence-corrected chi connectivity index (χ4v) is 3.12. The Morgan fingerprint density at radius 2 is 2.05 bits per heavy atom. The summed E-state index contributed by atoms with van der Waals surface area (Å²) in [4.78, 5) is 14.1. The third-order valence-corrected chi connectivity index (χ3v) is 4.66. The Morgan fingerprint density at radius 3 is 2.55 bits per heavy atom. The van der Waals surface area contributed by atoms with Crippen LogP contribution >= 0.6 is 0 Å². The summed E-state index contributed by atoms with van der Waals surface area (Å²) in [6, 6.07) is 0.00194. The van der Waals surface area contributed by atoms with E-state index in [1.54, 1.807) is 11.6 Å². The molecule has 0 bridgehead atoms. The van der Waals surface area contributed by atoms with Crippen molar-refractivity contribution < 1.29 is 13.3 Å². The van der Waals surface area contributed by atoms with Crippen LogP contribution in [0.3, 0.4) is 0 Å². The number of aromatic nitrogens is 2. The molecule has 0 radical (unpaired) electrons. The number of hydrogen-bond acceptors (Lipinski definition) is 6. The Bertz CT molecular complexity index is 603. The quantitative estimate of drug-likeness (QED) is 0.627. The van der Waals surface area contributed by atoms with E-state index in [9.17, 15) is 18.5 Å². The fourth-order valence-electron chi connectivity index (χ4n) is 2.24. The van der Waals surface area contributed by atoms with Crippen LogP contribution in [0.2, 0.25) is 0 Å². The number of rotatable bonds is 4. The highest BCUT2D eigenvalue weighted by atomic mass is 32.2. The summed E-state index contributed by atoms with van der Waals surface area (Å²) < 4.78 is 25.8. The van der Waals surface area contributed by atoms with Gasteiger partial charge in [-0.1, -0.05) is 0 Å². The minimum absolute atomic E-state index is 0.00194. The van der Waals surface area contributed by atoms with Crippen molar-refractivity contribution in [2.24, 2.45) is 7.05 Å². The number of nitro groups is 1. The van der Waals surface area contributed by atoms with Gasteiger partial charge in [0.15, 0.2) is 0 Å². The summed E-state index contributed by atoms with van der Waals surface area (Å²) in [5.41, 5.74) is 0. The first-order valence-electron chi connectivity index (χ1n) is 6.16. The lowest BCUT2D eigenvalue weighted by Gasteiger charge is -2.30. The van der Waals surface area contributed by atoms with Crippen molar-refractivity contribution >= 4 is 21.7 Å². The second-order valence-corrected chi connectivity index (χ2v) is 6.85. The highest BCUT2D eigenvalue weighted by Crippen LogP contribution is 2.24. The first-order chi connectivity index (χ1) is 9.29. The average molecular weight is 303 g/mol. The smallest absolute Gasteiger partial charge is 0.361 e. The van der Waals surface area contributed by atoms with Crippen LogP contribution in [0.4, 0.5) is 11.6 Å². The number of imidazole rings is 1. The van der Waals surface area contributed by atoms with E-state index in [1.165, 1.54) is 16.9 Å². The summed E-state index contributed by atoms with van der Waals surface area (Å²) in [5.74, 6) is 0.144. The van der Waals surface area contributed by atoms with E-state index >= 15 is 0 Å². The van der Waals surface area contributed by atoms with E-state index in [1.807, 2.05) is 0 Å². The van der Waals surface area contributed by atoms with Gasteiger partial charge >= 0.3 is 5.82 Å². The predicted molar refractivity (Wildman–Crippen MR) is 72.9 cm³/mol. The van der Waals surface area contributed by atoms with Gasteiger partial charge in [-0.25, -0.2) is 12.7 Å². The molecule has 2 heterocycles. The minimum Gasteiger partial charge on any atom is -0.361 e. The number of nitrogens with one attached hydrogen (secondary N) is 1. The van der Waals surface area contributed by atoms with Crippen molar-refractivity contribution in [2.75, 3.05) is 24.7 Å². The van der Waals surface area contributed by atoms with E-state index in [-0.39, 0.29) is 11.9 Å². The van der Waals surface area contributed by atoms with Crippen LogP contribution in [0.25, 0.3) is 0 Å². The van der Waals surface area contributed by atoms with Crippen molar-refractivity contribution in [3.8, 4) is 0 Å². The van der Waals surface area contributed by atoms with E-state index < -0.39 is 14.9 Å². The molecule has 1 N–H and O–H groups in total. The van der Waals surface area contributed by atoms with E-state index in [4.69, 9.17) is 0 Å². The molecule has 0 aromatic carbocycles. The zero-order valence-electron chi connectivity index (χ0n) is 11.3. The molecule has 1 aromatic heterocycles. The van der Waals surface area contributed by atoms with Crippen molar-refractivity contribution in [3.63, 3.8) is 0 Å². The molecule has 112 valence electrons. The number of piperidine rings is 1. The third kappa shape index (κ3) is 3.07. The Labute approximate surface area is 116 Å². The van der Waals surface area contributed by atoms with Gasteiger partial charge in [-0.2, -0.15) is 0 Å². The van der Waals surface area contributed by atoms with Gasteiger partial charge in [0, 0.05) is 26.2 Å². The molecule has 20 heavy (non-hydrogen) atoms. The molecule has 2 rings (SSSR count). The van der Waals surface area contributed by atoms with Crippen molar-refractivity contribution in [2.45, 2.75) is 18.9 Å². The Morgan fingerprint density at radius 1 is 1.45 bits per heavy atom. The SMILES string of the molecule is Cn1cnc([N+](=O)[O-])c1NC1CCN(S(C)(=O)=O)CC1. The van der Waals surface area contributed by atoms with Crippen LogP contribution in [0.15, 0.2) is 6.33 Å². The lowest BCUT2D eigenvalue weighted by atomic mass is 10.1. The number of hydrogen-bond donors (Lipinski definition) is 1. The Hall–Kier alpha value is -1.68. The number of sulfonamides is 1. The topological polar surface area (TPSA) is 110 Å². The maximum atomic E-state index is 11.4. The molecule has 1 aromatic rings. The van der Waals surface area contributed by atoms with E-state index in [2.05, 4.69) is 10.3 Å². The standard InChI is InChI=1S/C10H17N5O4S/c1-13-7-11-9(15(16)17)10(13)12-8-3-5-14(6-4-8)20(2,18)19/h7-8,12H,3-6H2,1-2H3. The molecular weight excluding hydrogens is 286 g/mol. The summed E-state index contributed by atoms with van der Waals surface area (Å²) in [6.45, 7) is 0.838. The summed E-state index contributed by atoms with van der Waals surface area (Å²) in [7, 11) is -1.49. The third-order valence-electron chi connectivity index (χ3n) is 3.35. The van der Waals surface area contributed by atoms with Crippen LogP contribution in [-0.4, -0.2) is 52.6 Å². The van der Waals surface area contributed by atoms with Gasteiger partial charge in [-0.05, 0) is 22.7 Å². The lowest BCUT2D eigenvalue weighted by molar-refractivity contribution is -0.388. The minimum atomic E-state index is -3.16. The summed E-state index contributed by atoms with van der Waals surface area (Å²) in [6.07, 6.45) is 3.78. The maximum Gasteiger partial charge on any atom is 0.406 e. The van der Waals surface area contributed by atoms with Gasteiger partial charge < -0.3 is 15.4 Å². The molecule has 0 saturated carbocycles. The van der Waals surface area contributed by atoms with Gasteiger partial charge in [0.25, 0.3) is 0 Å². The highest BCUT2D eigenvalue weighted by molar-refractivity contribution is 7.88. The molecule has 10 heteroatoms. The van der Waals surface area contributed by atoms with Gasteiger partial charge in [0.2, 0.25) is 22.2 Å². The fraction of sp³-hybridized carbons (Fsp3) is 0.700. The maximum absolute atomic E-state index is 11.4. The monoisotopic (exact) mass is 303 g/mol. The molecule has 0 spiro atoms. The Balaban J connectivity index is 2.03. The summed E-state index contributed by atoms with van der Waals surface area (Å²) in [5, 5.41) is 14.0. The van der Waals surface area contributed by atoms with E-state index in [0.717, 1.165) is 0 Å². The normalized spacial score (nSPS) is 18.1. The molecule has 1 saturated heterocycles. The molecule has 0 atom stereocenters. The summed E-state index contributed by atoms with van der Waals surface area (Å²) >= 11 is 0. The first kappa shape index (κ1) is 14.7. The largest absolute Gasteiger partial charge is 0.406 e. The molecule has 1 aliphatic rings. The van der Waals surface area contributed by atoms with Gasteiger partial charge in [-0.3, -0.25) is 4.57 Å². The number of anilines is 1. The molecule has 0 amide bonds. The van der Waals surface area contributed by atoms with Crippen molar-refractivity contribution in [1.29, 1.82) is 0 Å². The molecular formula is C10H17N5O4S.